The van der Waals surface area contributed by atoms with Crippen LogP contribution in [0, 0.1) is 5.92 Å². The van der Waals surface area contributed by atoms with Gasteiger partial charge in [0.2, 0.25) is 5.91 Å². The SMILES string of the molecule is NC(=O)C1(NCc2cccs2)CCCC(C(F)(F)F)C1. The van der Waals surface area contributed by atoms with E-state index in [0.29, 0.717) is 19.4 Å². The second-order valence-electron chi connectivity index (χ2n) is 5.21. The number of rotatable bonds is 4. The van der Waals surface area contributed by atoms with Crippen LogP contribution in [0.25, 0.3) is 0 Å². The lowest BCUT2D eigenvalue weighted by molar-refractivity contribution is -0.188. The van der Waals surface area contributed by atoms with Crippen LogP contribution < -0.4 is 11.1 Å². The normalized spacial score (nSPS) is 27.4. The van der Waals surface area contributed by atoms with Gasteiger partial charge in [-0.05, 0) is 30.7 Å². The van der Waals surface area contributed by atoms with Crippen molar-refractivity contribution >= 4 is 17.2 Å². The van der Waals surface area contributed by atoms with Gasteiger partial charge in [0.15, 0.2) is 0 Å². The third-order valence-corrected chi connectivity index (χ3v) is 4.74. The monoisotopic (exact) mass is 306 g/mol. The van der Waals surface area contributed by atoms with Crippen LogP contribution in [-0.2, 0) is 11.3 Å². The molecule has 1 amide bonds. The Hall–Kier alpha value is -1.08. The standard InChI is InChI=1S/C13H17F3N2OS/c14-13(15,16)9-3-1-5-12(7-9,11(17)19)18-8-10-4-2-6-20-10/h2,4,6,9,18H,1,3,5,7-8H2,(H2,17,19). The van der Waals surface area contributed by atoms with Gasteiger partial charge in [-0.1, -0.05) is 12.5 Å². The highest BCUT2D eigenvalue weighted by molar-refractivity contribution is 7.09. The van der Waals surface area contributed by atoms with Gasteiger partial charge in [0.1, 0.15) is 0 Å². The molecule has 1 aromatic heterocycles. The molecule has 7 heteroatoms. The Morgan fingerprint density at radius 2 is 2.30 bits per heavy atom. The van der Waals surface area contributed by atoms with E-state index in [1.54, 1.807) is 0 Å². The Morgan fingerprint density at radius 3 is 2.85 bits per heavy atom. The Morgan fingerprint density at radius 1 is 1.55 bits per heavy atom. The smallest absolute Gasteiger partial charge is 0.368 e. The van der Waals surface area contributed by atoms with Crippen LogP contribution in [0.1, 0.15) is 30.6 Å². The number of thiophene rings is 1. The van der Waals surface area contributed by atoms with Gasteiger partial charge in [0.25, 0.3) is 0 Å². The van der Waals surface area contributed by atoms with Gasteiger partial charge in [0.05, 0.1) is 11.5 Å². The van der Waals surface area contributed by atoms with Gasteiger partial charge in [-0.15, -0.1) is 11.3 Å². The van der Waals surface area contributed by atoms with Gasteiger partial charge >= 0.3 is 6.18 Å². The number of carbonyl (C=O) groups excluding carboxylic acids is 1. The molecule has 3 nitrogen and oxygen atoms in total. The molecule has 1 aliphatic carbocycles. The Kier molecular flexibility index (Phi) is 4.39. The number of primary amides is 1. The molecule has 0 radical (unpaired) electrons. The average Bonchev–Trinajstić information content (AvgIpc) is 2.88. The molecule has 2 rings (SSSR count). The van der Waals surface area contributed by atoms with E-state index in [0.717, 1.165) is 4.88 Å². The van der Waals surface area contributed by atoms with Gasteiger partial charge in [0, 0.05) is 11.4 Å². The van der Waals surface area contributed by atoms with E-state index >= 15 is 0 Å². The lowest BCUT2D eigenvalue weighted by atomic mass is 9.74. The molecule has 0 aliphatic heterocycles. The van der Waals surface area contributed by atoms with Crippen molar-refractivity contribution in [3.8, 4) is 0 Å². The Balaban J connectivity index is 2.10. The van der Waals surface area contributed by atoms with E-state index in [2.05, 4.69) is 5.32 Å². The van der Waals surface area contributed by atoms with Crippen LogP contribution in [0.4, 0.5) is 13.2 Å². The van der Waals surface area contributed by atoms with Crippen LogP contribution in [0.5, 0.6) is 0 Å². The summed E-state index contributed by atoms with van der Waals surface area (Å²) in [6, 6.07) is 3.73. The fraction of sp³-hybridized carbons (Fsp3) is 0.615. The number of carbonyl (C=O) groups is 1. The first kappa shape index (κ1) is 15.3. The molecule has 1 aromatic rings. The van der Waals surface area contributed by atoms with Crippen molar-refractivity contribution in [1.82, 2.24) is 5.32 Å². The quantitative estimate of drug-likeness (QED) is 0.898. The topological polar surface area (TPSA) is 55.1 Å². The lowest BCUT2D eigenvalue weighted by Crippen LogP contribution is -2.58. The van der Waals surface area contributed by atoms with Crippen molar-refractivity contribution in [1.29, 1.82) is 0 Å². The van der Waals surface area contributed by atoms with E-state index < -0.39 is 23.5 Å². The molecule has 1 saturated carbocycles. The highest BCUT2D eigenvalue weighted by Crippen LogP contribution is 2.41. The summed E-state index contributed by atoms with van der Waals surface area (Å²) < 4.78 is 38.7. The summed E-state index contributed by atoms with van der Waals surface area (Å²) in [5.74, 6) is -2.15. The van der Waals surface area contributed by atoms with Gasteiger partial charge in [-0.25, -0.2) is 0 Å². The average molecular weight is 306 g/mol. The second kappa shape index (κ2) is 5.73. The zero-order chi connectivity index (χ0) is 14.8. The maximum Gasteiger partial charge on any atom is 0.391 e. The van der Waals surface area contributed by atoms with Crippen LogP contribution >= 0.6 is 11.3 Å². The molecule has 0 aromatic carbocycles. The first-order chi connectivity index (χ1) is 9.33. The van der Waals surface area contributed by atoms with E-state index in [-0.39, 0.29) is 12.8 Å². The van der Waals surface area contributed by atoms with Crippen molar-refractivity contribution in [2.45, 2.75) is 43.9 Å². The molecule has 3 N–H and O–H groups in total. The summed E-state index contributed by atoms with van der Waals surface area (Å²) in [7, 11) is 0. The van der Waals surface area contributed by atoms with E-state index in [9.17, 15) is 18.0 Å². The van der Waals surface area contributed by atoms with Gasteiger partial charge in [-0.3, -0.25) is 10.1 Å². The third-order valence-electron chi connectivity index (χ3n) is 3.87. The summed E-state index contributed by atoms with van der Waals surface area (Å²) in [5, 5.41) is 4.86. The van der Waals surface area contributed by atoms with E-state index in [1.807, 2.05) is 17.5 Å². The number of nitrogens with two attached hydrogens (primary N) is 1. The highest BCUT2D eigenvalue weighted by Gasteiger charge is 2.50. The molecular formula is C13H17F3N2OS. The first-order valence-corrected chi connectivity index (χ1v) is 7.35. The van der Waals surface area contributed by atoms with Crippen molar-refractivity contribution in [2.24, 2.45) is 11.7 Å². The summed E-state index contributed by atoms with van der Waals surface area (Å²) in [6.45, 7) is 0.366. The zero-order valence-corrected chi connectivity index (χ0v) is 11.7. The summed E-state index contributed by atoms with van der Waals surface area (Å²) >= 11 is 1.49. The molecule has 1 aliphatic rings. The zero-order valence-electron chi connectivity index (χ0n) is 10.9. The van der Waals surface area contributed by atoms with Gasteiger partial charge in [-0.2, -0.15) is 13.2 Å². The van der Waals surface area contributed by atoms with Crippen LogP contribution in [-0.4, -0.2) is 17.6 Å². The fourth-order valence-corrected chi connectivity index (χ4v) is 3.34. The van der Waals surface area contributed by atoms with Crippen LogP contribution in [0.3, 0.4) is 0 Å². The summed E-state index contributed by atoms with van der Waals surface area (Å²) in [5.41, 5.74) is 4.13. The maximum atomic E-state index is 12.9. The molecular weight excluding hydrogens is 289 g/mol. The molecule has 2 atom stereocenters. The third kappa shape index (κ3) is 3.32. The summed E-state index contributed by atoms with van der Waals surface area (Å²) in [6.07, 6.45) is -3.76. The number of amides is 1. The molecule has 112 valence electrons. The predicted octanol–water partition coefficient (Wildman–Crippen LogP) is 2.81. The minimum atomic E-state index is -4.27. The van der Waals surface area contributed by atoms with Crippen LogP contribution in [0.2, 0.25) is 0 Å². The van der Waals surface area contributed by atoms with E-state index in [1.165, 1.54) is 11.3 Å². The van der Waals surface area contributed by atoms with Crippen molar-refractivity contribution < 1.29 is 18.0 Å². The lowest BCUT2D eigenvalue weighted by Gasteiger charge is -2.39. The van der Waals surface area contributed by atoms with Crippen molar-refractivity contribution in [3.05, 3.63) is 22.4 Å². The molecule has 0 bridgehead atoms. The highest BCUT2D eigenvalue weighted by atomic mass is 32.1. The number of nitrogens with one attached hydrogen (secondary N) is 1. The maximum absolute atomic E-state index is 12.9. The van der Waals surface area contributed by atoms with Crippen molar-refractivity contribution in [3.63, 3.8) is 0 Å². The van der Waals surface area contributed by atoms with Crippen molar-refractivity contribution in [2.75, 3.05) is 0 Å². The minimum Gasteiger partial charge on any atom is -0.368 e. The number of hydrogen-bond donors (Lipinski definition) is 2. The fourth-order valence-electron chi connectivity index (χ4n) is 2.70. The molecule has 0 spiro atoms. The summed E-state index contributed by atoms with van der Waals surface area (Å²) in [4.78, 5) is 12.7. The van der Waals surface area contributed by atoms with Gasteiger partial charge < -0.3 is 5.73 Å². The first-order valence-electron chi connectivity index (χ1n) is 6.47. The molecule has 20 heavy (non-hydrogen) atoms. The number of hydrogen-bond acceptors (Lipinski definition) is 3. The Bertz CT molecular complexity index is 461. The molecule has 2 unspecified atom stereocenters. The predicted molar refractivity (Wildman–Crippen MR) is 71.1 cm³/mol. The minimum absolute atomic E-state index is 0.0687. The molecule has 1 fully saturated rings. The molecule has 0 saturated heterocycles. The van der Waals surface area contributed by atoms with E-state index in [4.69, 9.17) is 5.73 Å². The molecule has 1 heterocycles. The number of halogens is 3. The Labute approximate surface area is 119 Å². The van der Waals surface area contributed by atoms with Crippen LogP contribution in [0.15, 0.2) is 17.5 Å². The number of alkyl halides is 3. The largest absolute Gasteiger partial charge is 0.391 e. The second-order valence-corrected chi connectivity index (χ2v) is 6.25.